The minimum absolute atomic E-state index is 0.0291. The Balaban J connectivity index is 1.34. The number of rotatable bonds is 7. The zero-order chi connectivity index (χ0) is 26.0. The number of ether oxygens (including phenoxy) is 1. The van der Waals surface area contributed by atoms with E-state index < -0.39 is 29.7 Å². The van der Waals surface area contributed by atoms with E-state index in [0.29, 0.717) is 29.1 Å². The maximum absolute atomic E-state index is 12.2. The number of carbonyl (C=O) groups excluding carboxylic acids is 4. The van der Waals surface area contributed by atoms with Crippen molar-refractivity contribution in [3.8, 4) is 0 Å². The Bertz CT molecular complexity index is 1410. The highest BCUT2D eigenvalue weighted by Gasteiger charge is 2.30. The van der Waals surface area contributed by atoms with E-state index >= 15 is 0 Å². The highest BCUT2D eigenvalue weighted by molar-refractivity contribution is 6.49. The number of hydrogen-bond donors (Lipinski definition) is 3. The SMILES string of the molecule is Cc1nn(Cc2ccc(NC(=O)OCc3ccc4c(c3)C(=O)C(=O)NC4=O)cc2)c(C)c1CC(=O)O. The molecule has 1 aliphatic heterocycles. The van der Waals surface area contributed by atoms with E-state index in [-0.39, 0.29) is 24.2 Å². The normalized spacial score (nSPS) is 12.7. The van der Waals surface area contributed by atoms with E-state index in [4.69, 9.17) is 9.84 Å². The zero-order valence-corrected chi connectivity index (χ0v) is 19.5. The summed E-state index contributed by atoms with van der Waals surface area (Å²) in [6.45, 7) is 3.87. The summed E-state index contributed by atoms with van der Waals surface area (Å²) in [6.07, 6.45) is -0.810. The number of nitrogens with zero attached hydrogens (tertiary/aromatic N) is 2. The largest absolute Gasteiger partial charge is 0.481 e. The summed E-state index contributed by atoms with van der Waals surface area (Å²) in [5, 5.41) is 18.1. The molecule has 2 heterocycles. The Hall–Kier alpha value is -4.80. The Morgan fingerprint density at radius 3 is 2.39 bits per heavy atom. The van der Waals surface area contributed by atoms with Crippen LogP contribution in [0.15, 0.2) is 42.5 Å². The minimum Gasteiger partial charge on any atom is -0.481 e. The number of carboxylic acid groups (broad SMARTS) is 1. The Labute approximate surface area is 205 Å². The number of nitrogens with one attached hydrogen (secondary N) is 2. The van der Waals surface area contributed by atoms with Crippen molar-refractivity contribution in [2.24, 2.45) is 0 Å². The van der Waals surface area contributed by atoms with Gasteiger partial charge in [-0.05, 0) is 49.2 Å². The highest BCUT2D eigenvalue weighted by atomic mass is 16.5. The van der Waals surface area contributed by atoms with Crippen LogP contribution in [0.2, 0.25) is 0 Å². The topological polar surface area (TPSA) is 157 Å². The fourth-order valence-electron chi connectivity index (χ4n) is 3.88. The third-order valence-electron chi connectivity index (χ3n) is 5.77. The Morgan fingerprint density at radius 2 is 1.69 bits per heavy atom. The average molecular weight is 490 g/mol. The van der Waals surface area contributed by atoms with Gasteiger partial charge in [0.05, 0.1) is 24.2 Å². The quantitative estimate of drug-likeness (QED) is 0.337. The van der Waals surface area contributed by atoms with Crippen molar-refractivity contribution >= 4 is 35.3 Å². The Kier molecular flexibility index (Phi) is 6.64. The lowest BCUT2D eigenvalue weighted by molar-refractivity contribution is -0.136. The number of benzene rings is 2. The molecule has 1 aliphatic rings. The first-order valence-electron chi connectivity index (χ1n) is 10.9. The second-order valence-electron chi connectivity index (χ2n) is 8.27. The molecule has 0 fully saturated rings. The second-order valence-corrected chi connectivity index (χ2v) is 8.27. The van der Waals surface area contributed by atoms with Crippen LogP contribution in [-0.4, -0.2) is 44.5 Å². The van der Waals surface area contributed by atoms with Crippen molar-refractivity contribution in [2.45, 2.75) is 33.4 Å². The van der Waals surface area contributed by atoms with Gasteiger partial charge < -0.3 is 9.84 Å². The van der Waals surface area contributed by atoms with E-state index in [1.54, 1.807) is 35.9 Å². The third kappa shape index (κ3) is 5.14. The van der Waals surface area contributed by atoms with Crippen molar-refractivity contribution in [3.63, 3.8) is 0 Å². The van der Waals surface area contributed by atoms with E-state index in [1.807, 2.05) is 12.2 Å². The van der Waals surface area contributed by atoms with Crippen LogP contribution in [0.5, 0.6) is 0 Å². The van der Waals surface area contributed by atoms with Gasteiger partial charge in [0.25, 0.3) is 17.6 Å². The molecule has 0 unspecified atom stereocenters. The number of Topliss-reactive ketones (excluding diaryl/α,β-unsaturated/α-hetero) is 1. The van der Waals surface area contributed by atoms with Gasteiger partial charge >= 0.3 is 12.1 Å². The summed E-state index contributed by atoms with van der Waals surface area (Å²) in [5.74, 6) is -3.38. The number of aryl methyl sites for hydroxylation is 1. The first-order valence-corrected chi connectivity index (χ1v) is 10.9. The van der Waals surface area contributed by atoms with E-state index in [9.17, 15) is 24.0 Å². The van der Waals surface area contributed by atoms with Crippen LogP contribution < -0.4 is 10.6 Å². The van der Waals surface area contributed by atoms with Gasteiger partial charge in [-0.25, -0.2) is 4.79 Å². The van der Waals surface area contributed by atoms with Crippen LogP contribution in [0.25, 0.3) is 0 Å². The molecule has 184 valence electrons. The van der Waals surface area contributed by atoms with Gasteiger partial charge in [0.1, 0.15) is 6.61 Å². The van der Waals surface area contributed by atoms with E-state index in [1.165, 1.54) is 18.2 Å². The number of fused-ring (bicyclic) bond motifs is 1. The number of ketones is 1. The van der Waals surface area contributed by atoms with Gasteiger partial charge in [-0.3, -0.25) is 34.5 Å². The molecule has 36 heavy (non-hydrogen) atoms. The molecule has 2 aromatic carbocycles. The van der Waals surface area contributed by atoms with Crippen molar-refractivity contribution < 1.29 is 33.8 Å². The van der Waals surface area contributed by atoms with Crippen LogP contribution in [-0.2, 0) is 33.9 Å². The Morgan fingerprint density at radius 1 is 1.00 bits per heavy atom. The van der Waals surface area contributed by atoms with Crippen LogP contribution in [0.1, 0.15) is 48.8 Å². The van der Waals surface area contributed by atoms with Crippen LogP contribution in [0, 0.1) is 13.8 Å². The molecule has 0 bridgehead atoms. The fourth-order valence-corrected chi connectivity index (χ4v) is 3.88. The number of aliphatic carboxylic acids is 1. The molecular weight excluding hydrogens is 468 g/mol. The lowest BCUT2D eigenvalue weighted by Gasteiger charge is -2.15. The molecule has 0 saturated heterocycles. The average Bonchev–Trinajstić information content (AvgIpc) is 3.09. The van der Waals surface area contributed by atoms with Crippen molar-refractivity contribution in [1.29, 1.82) is 0 Å². The summed E-state index contributed by atoms with van der Waals surface area (Å²) < 4.78 is 6.93. The smallest absolute Gasteiger partial charge is 0.411 e. The molecule has 0 spiro atoms. The fraction of sp³-hybridized carbons (Fsp3) is 0.200. The predicted molar refractivity (Wildman–Crippen MR) is 126 cm³/mol. The first kappa shape index (κ1) is 24.3. The molecule has 0 atom stereocenters. The lowest BCUT2D eigenvalue weighted by atomic mass is 9.96. The molecular formula is C25H22N4O7. The summed E-state index contributed by atoms with van der Waals surface area (Å²) in [7, 11) is 0. The number of imide groups is 1. The number of aromatic nitrogens is 2. The molecule has 0 radical (unpaired) electrons. The summed E-state index contributed by atoms with van der Waals surface area (Å²) in [4.78, 5) is 58.6. The maximum atomic E-state index is 12.2. The monoisotopic (exact) mass is 490 g/mol. The molecule has 3 N–H and O–H groups in total. The second kappa shape index (κ2) is 9.82. The van der Waals surface area contributed by atoms with Crippen molar-refractivity contribution in [3.05, 3.63) is 81.7 Å². The number of amides is 3. The van der Waals surface area contributed by atoms with Gasteiger partial charge in [0.15, 0.2) is 0 Å². The van der Waals surface area contributed by atoms with Crippen LogP contribution in [0.3, 0.4) is 0 Å². The molecule has 3 aromatic rings. The molecule has 11 heteroatoms. The highest BCUT2D eigenvalue weighted by Crippen LogP contribution is 2.19. The standard InChI is InChI=1S/C25H22N4O7/c1-13-19(10-21(30)31)14(2)29(28-13)11-15-3-6-17(7-4-15)26-25(35)36-12-16-5-8-18-20(9-16)22(32)24(34)27-23(18)33/h3-9H,10-12H2,1-2H3,(H,26,35)(H,30,31)(H,27,33,34). The number of carboxylic acids is 1. The van der Waals surface area contributed by atoms with Crippen LogP contribution in [0.4, 0.5) is 10.5 Å². The summed E-state index contributed by atoms with van der Waals surface area (Å²) in [6, 6.07) is 11.3. The predicted octanol–water partition coefficient (Wildman–Crippen LogP) is 2.38. The van der Waals surface area contributed by atoms with E-state index in [2.05, 4.69) is 10.4 Å². The lowest BCUT2D eigenvalue weighted by Crippen LogP contribution is -2.42. The van der Waals surface area contributed by atoms with Crippen LogP contribution >= 0.6 is 0 Å². The zero-order valence-electron chi connectivity index (χ0n) is 19.5. The minimum atomic E-state index is -0.995. The molecule has 0 saturated carbocycles. The summed E-state index contributed by atoms with van der Waals surface area (Å²) >= 11 is 0. The third-order valence-corrected chi connectivity index (χ3v) is 5.77. The number of anilines is 1. The van der Waals surface area contributed by atoms with Gasteiger partial charge in [-0.2, -0.15) is 5.10 Å². The van der Waals surface area contributed by atoms with Gasteiger partial charge in [-0.1, -0.05) is 18.2 Å². The molecule has 4 rings (SSSR count). The number of carbonyl (C=O) groups is 5. The maximum Gasteiger partial charge on any atom is 0.411 e. The van der Waals surface area contributed by atoms with Gasteiger partial charge in [-0.15, -0.1) is 0 Å². The summed E-state index contributed by atoms with van der Waals surface area (Å²) in [5.41, 5.74) is 4.06. The van der Waals surface area contributed by atoms with E-state index in [0.717, 1.165) is 11.3 Å². The molecule has 0 aliphatic carbocycles. The van der Waals surface area contributed by atoms with Crippen molar-refractivity contribution in [1.82, 2.24) is 15.1 Å². The molecule has 3 amide bonds. The van der Waals surface area contributed by atoms with Gasteiger partial charge in [0.2, 0.25) is 0 Å². The van der Waals surface area contributed by atoms with Gasteiger partial charge in [0, 0.05) is 22.5 Å². The number of hydrogen-bond acceptors (Lipinski definition) is 7. The molecule has 1 aromatic heterocycles. The van der Waals surface area contributed by atoms with Crippen molar-refractivity contribution in [2.75, 3.05) is 5.32 Å². The first-order chi connectivity index (χ1) is 17.1. The molecule has 11 nitrogen and oxygen atoms in total.